The van der Waals surface area contributed by atoms with Gasteiger partial charge in [0, 0.05) is 37.3 Å². The first kappa shape index (κ1) is 20.6. The van der Waals surface area contributed by atoms with E-state index in [1.54, 1.807) is 0 Å². The van der Waals surface area contributed by atoms with Gasteiger partial charge in [0.05, 0.1) is 6.67 Å². The molecule has 0 amide bonds. The van der Waals surface area contributed by atoms with Gasteiger partial charge in [-0.3, -0.25) is 19.6 Å². The summed E-state index contributed by atoms with van der Waals surface area (Å²) in [4.78, 5) is 10.8. The van der Waals surface area contributed by atoms with Crippen LogP contribution < -0.4 is 0 Å². The molecule has 3 rings (SSSR count). The van der Waals surface area contributed by atoms with Crippen LogP contribution >= 0.6 is 0 Å². The Balaban J connectivity index is 1.41. The van der Waals surface area contributed by atoms with Gasteiger partial charge in [0.2, 0.25) is 0 Å². The average molecular weight is 365 g/mol. The van der Waals surface area contributed by atoms with Gasteiger partial charge in [-0.15, -0.1) is 0 Å². The Morgan fingerprint density at radius 1 is 0.654 bits per heavy atom. The first-order valence-corrected chi connectivity index (χ1v) is 11.2. The maximum atomic E-state index is 2.78. The Kier molecular flexibility index (Phi) is 6.70. The van der Waals surface area contributed by atoms with Crippen molar-refractivity contribution in [1.82, 2.24) is 19.6 Å². The Labute approximate surface area is 162 Å². The van der Waals surface area contributed by atoms with Crippen LogP contribution in [0.25, 0.3) is 0 Å². The topological polar surface area (TPSA) is 13.0 Å². The van der Waals surface area contributed by atoms with Crippen LogP contribution in [0.2, 0.25) is 0 Å². The lowest BCUT2D eigenvalue weighted by Gasteiger charge is -2.47. The lowest BCUT2D eigenvalue weighted by Crippen LogP contribution is -2.56. The third-order valence-electron chi connectivity index (χ3n) is 7.18. The van der Waals surface area contributed by atoms with Gasteiger partial charge in [-0.05, 0) is 98.8 Å². The third-order valence-corrected chi connectivity index (χ3v) is 7.18. The van der Waals surface area contributed by atoms with Crippen LogP contribution in [0, 0.1) is 5.92 Å². The smallest absolute Gasteiger partial charge is 0.0507 e. The van der Waals surface area contributed by atoms with E-state index in [0.29, 0.717) is 11.1 Å². The van der Waals surface area contributed by atoms with E-state index in [9.17, 15) is 0 Å². The van der Waals surface area contributed by atoms with E-state index >= 15 is 0 Å². The van der Waals surface area contributed by atoms with Crippen LogP contribution in [-0.2, 0) is 0 Å². The molecule has 0 aliphatic carbocycles. The van der Waals surface area contributed by atoms with Crippen molar-refractivity contribution in [2.24, 2.45) is 5.92 Å². The van der Waals surface area contributed by atoms with Gasteiger partial charge >= 0.3 is 0 Å². The lowest BCUT2D eigenvalue weighted by molar-refractivity contribution is 0.00927. The fraction of sp³-hybridized carbons (Fsp3) is 1.00. The van der Waals surface area contributed by atoms with E-state index in [4.69, 9.17) is 0 Å². The molecular weight excluding hydrogens is 320 g/mol. The van der Waals surface area contributed by atoms with Crippen molar-refractivity contribution >= 4 is 0 Å². The van der Waals surface area contributed by atoms with Crippen LogP contribution in [0.15, 0.2) is 0 Å². The maximum Gasteiger partial charge on any atom is 0.0507 e. The van der Waals surface area contributed by atoms with Crippen LogP contribution in [0.4, 0.5) is 0 Å². The number of piperidine rings is 1. The van der Waals surface area contributed by atoms with Crippen LogP contribution in [0.5, 0.6) is 0 Å². The van der Waals surface area contributed by atoms with Crippen molar-refractivity contribution in [3.05, 3.63) is 0 Å². The maximum absolute atomic E-state index is 2.78. The van der Waals surface area contributed by atoms with E-state index in [0.717, 1.165) is 5.92 Å². The van der Waals surface area contributed by atoms with Crippen LogP contribution in [-0.4, -0.2) is 89.7 Å². The largest absolute Gasteiger partial charge is 0.298 e. The molecule has 0 atom stereocenters. The van der Waals surface area contributed by atoms with Crippen molar-refractivity contribution in [1.29, 1.82) is 0 Å². The number of piperazine rings is 1. The molecule has 0 radical (unpaired) electrons. The second-order valence-corrected chi connectivity index (χ2v) is 10.7. The van der Waals surface area contributed by atoms with E-state index < -0.39 is 0 Å². The number of nitrogens with zero attached hydrogens (tertiary/aromatic N) is 4. The van der Waals surface area contributed by atoms with Crippen LogP contribution in [0.1, 0.15) is 66.7 Å². The van der Waals surface area contributed by atoms with Gasteiger partial charge in [0.25, 0.3) is 0 Å². The molecule has 0 unspecified atom stereocenters. The molecule has 152 valence electrons. The highest BCUT2D eigenvalue weighted by molar-refractivity contribution is 4.90. The zero-order valence-electron chi connectivity index (χ0n) is 18.3. The molecule has 0 aromatic carbocycles. The van der Waals surface area contributed by atoms with E-state index in [2.05, 4.69) is 54.2 Å². The number of rotatable bonds is 5. The highest BCUT2D eigenvalue weighted by Crippen LogP contribution is 2.32. The van der Waals surface area contributed by atoms with Crippen molar-refractivity contribution in [2.45, 2.75) is 77.8 Å². The predicted octanol–water partition coefficient (Wildman–Crippen LogP) is 3.34. The molecule has 3 saturated heterocycles. The molecule has 0 spiro atoms. The SMILES string of the molecule is CC(C)(C)N1CCC(CC(C)(C)N2CCN(CN3CCCC3)CC2)CC1. The van der Waals surface area contributed by atoms with Crippen molar-refractivity contribution in [2.75, 3.05) is 59.0 Å². The first-order valence-electron chi connectivity index (χ1n) is 11.2. The summed E-state index contributed by atoms with van der Waals surface area (Å²) in [7, 11) is 0. The van der Waals surface area contributed by atoms with Gasteiger partial charge in [-0.1, -0.05) is 0 Å². The van der Waals surface area contributed by atoms with Crippen molar-refractivity contribution < 1.29 is 0 Å². The molecule has 3 heterocycles. The van der Waals surface area contributed by atoms with Crippen LogP contribution in [0.3, 0.4) is 0 Å². The molecule has 3 aliphatic heterocycles. The van der Waals surface area contributed by atoms with Gasteiger partial charge in [0.1, 0.15) is 0 Å². The minimum atomic E-state index is 0.339. The number of hydrogen-bond acceptors (Lipinski definition) is 4. The Hall–Kier alpha value is -0.160. The van der Waals surface area contributed by atoms with E-state index in [-0.39, 0.29) is 0 Å². The number of likely N-dealkylation sites (tertiary alicyclic amines) is 2. The standard InChI is InChI=1S/C22H44N4/c1-21(2,3)25-12-8-20(9-13-25)18-22(4,5)26-16-14-24(15-17-26)19-23-10-6-7-11-23/h20H,6-19H2,1-5H3. The fourth-order valence-corrected chi connectivity index (χ4v) is 5.34. The fourth-order valence-electron chi connectivity index (χ4n) is 5.34. The predicted molar refractivity (Wildman–Crippen MR) is 112 cm³/mol. The minimum Gasteiger partial charge on any atom is -0.298 e. The molecule has 3 aliphatic rings. The van der Waals surface area contributed by atoms with E-state index in [1.807, 2.05) is 0 Å². The summed E-state index contributed by atoms with van der Waals surface area (Å²) in [6.45, 7) is 23.5. The van der Waals surface area contributed by atoms with Gasteiger partial charge < -0.3 is 0 Å². The normalized spacial score (nSPS) is 26.7. The highest BCUT2D eigenvalue weighted by atomic mass is 15.4. The lowest BCUT2D eigenvalue weighted by atomic mass is 9.82. The molecular formula is C22H44N4. The van der Waals surface area contributed by atoms with Crippen molar-refractivity contribution in [3.8, 4) is 0 Å². The first-order chi connectivity index (χ1) is 12.2. The monoisotopic (exact) mass is 364 g/mol. The molecule has 0 saturated carbocycles. The number of hydrogen-bond donors (Lipinski definition) is 0. The minimum absolute atomic E-state index is 0.339. The summed E-state index contributed by atoms with van der Waals surface area (Å²) in [5, 5.41) is 0. The second-order valence-electron chi connectivity index (χ2n) is 10.7. The zero-order chi connectivity index (χ0) is 18.8. The third kappa shape index (κ3) is 5.43. The molecule has 0 aromatic heterocycles. The Morgan fingerprint density at radius 3 is 1.73 bits per heavy atom. The molecule has 26 heavy (non-hydrogen) atoms. The Morgan fingerprint density at radius 2 is 1.19 bits per heavy atom. The van der Waals surface area contributed by atoms with Gasteiger partial charge in [-0.25, -0.2) is 0 Å². The second kappa shape index (κ2) is 8.46. The molecule has 4 heteroatoms. The zero-order valence-corrected chi connectivity index (χ0v) is 18.3. The Bertz CT molecular complexity index is 420. The summed E-state index contributed by atoms with van der Waals surface area (Å²) in [6, 6.07) is 0. The highest BCUT2D eigenvalue weighted by Gasteiger charge is 2.35. The summed E-state index contributed by atoms with van der Waals surface area (Å²) >= 11 is 0. The summed E-state index contributed by atoms with van der Waals surface area (Å²) in [6.07, 6.45) is 6.95. The van der Waals surface area contributed by atoms with Gasteiger partial charge in [-0.2, -0.15) is 0 Å². The summed E-state index contributed by atoms with van der Waals surface area (Å²) < 4.78 is 0. The van der Waals surface area contributed by atoms with Gasteiger partial charge in [0.15, 0.2) is 0 Å². The molecule has 3 fully saturated rings. The molecule has 4 nitrogen and oxygen atoms in total. The molecule has 0 aromatic rings. The summed E-state index contributed by atoms with van der Waals surface area (Å²) in [5.74, 6) is 0.909. The summed E-state index contributed by atoms with van der Waals surface area (Å²) in [5.41, 5.74) is 0.695. The average Bonchev–Trinajstić information content (AvgIpc) is 3.08. The quantitative estimate of drug-likeness (QED) is 0.742. The molecule has 0 N–H and O–H groups in total. The van der Waals surface area contributed by atoms with Crippen molar-refractivity contribution in [3.63, 3.8) is 0 Å². The molecule has 0 bridgehead atoms. The van der Waals surface area contributed by atoms with E-state index in [1.165, 1.54) is 91.1 Å².